The van der Waals surface area contributed by atoms with Crippen molar-refractivity contribution in [2.75, 3.05) is 0 Å². The molecule has 44 heavy (non-hydrogen) atoms. The van der Waals surface area contributed by atoms with E-state index >= 15 is 0 Å². The number of fused-ring (bicyclic) bond motifs is 5. The maximum absolute atomic E-state index is 13.2. The monoisotopic (exact) mass is 608 g/mol. The Labute approximate surface area is 262 Å². The van der Waals surface area contributed by atoms with Crippen molar-refractivity contribution in [2.45, 2.75) is 124 Å². The number of hydrogen-bond donors (Lipinski definition) is 3. The van der Waals surface area contributed by atoms with Crippen LogP contribution < -0.4 is 5.73 Å². The topological polar surface area (TPSA) is 141 Å². The van der Waals surface area contributed by atoms with Crippen LogP contribution in [0.3, 0.4) is 0 Å². The van der Waals surface area contributed by atoms with Gasteiger partial charge in [-0.2, -0.15) is 0 Å². The van der Waals surface area contributed by atoms with Crippen molar-refractivity contribution < 1.29 is 24.5 Å². The van der Waals surface area contributed by atoms with Gasteiger partial charge in [0.05, 0.1) is 29.6 Å². The Hall–Kier alpha value is -2.62. The van der Waals surface area contributed by atoms with Crippen LogP contribution in [-0.2, 0) is 26.4 Å². The summed E-state index contributed by atoms with van der Waals surface area (Å²) < 4.78 is 7.84. The average Bonchev–Trinajstić information content (AvgIpc) is 3.52. The lowest BCUT2D eigenvalue weighted by Crippen LogP contribution is -2.69. The lowest BCUT2D eigenvalue weighted by atomic mass is 9.35. The maximum atomic E-state index is 13.2. The molecule has 0 aliphatic heterocycles. The highest BCUT2D eigenvalue weighted by Crippen LogP contribution is 2.75. The Morgan fingerprint density at radius 2 is 1.80 bits per heavy atom. The molecule has 0 unspecified atom stereocenters. The Bertz CT molecular complexity index is 1410. The number of carbonyl (C=O) groups excluding carboxylic acids is 2. The van der Waals surface area contributed by atoms with Gasteiger partial charge in [-0.1, -0.05) is 49.8 Å². The largest absolute Gasteiger partial charge is 0.458 e. The Morgan fingerprint density at radius 3 is 2.39 bits per heavy atom. The minimum atomic E-state index is -0.704. The molecular weight excluding hydrogens is 556 g/mol. The van der Waals surface area contributed by atoms with Gasteiger partial charge in [0.2, 0.25) is 0 Å². The van der Waals surface area contributed by atoms with Crippen molar-refractivity contribution in [3.8, 4) is 0 Å². The van der Waals surface area contributed by atoms with E-state index < -0.39 is 23.9 Å². The van der Waals surface area contributed by atoms with Gasteiger partial charge in [-0.05, 0) is 106 Å². The van der Waals surface area contributed by atoms with Crippen molar-refractivity contribution in [1.82, 2.24) is 15.0 Å². The molecule has 0 saturated heterocycles. The molecule has 9 nitrogen and oxygen atoms in total. The Balaban J connectivity index is 1.63. The molecule has 0 bridgehead atoms. The second kappa shape index (κ2) is 11.3. The second-order valence-corrected chi connectivity index (χ2v) is 15.2. The summed E-state index contributed by atoms with van der Waals surface area (Å²) in [4.78, 5) is 25.6. The van der Waals surface area contributed by atoms with E-state index in [2.05, 4.69) is 38.0 Å². The highest BCUT2D eigenvalue weighted by atomic mass is 16.5. The van der Waals surface area contributed by atoms with Crippen molar-refractivity contribution in [1.29, 1.82) is 0 Å². The molecule has 4 aliphatic rings. The molecule has 10 atom stereocenters. The first kappa shape index (κ1) is 32.8. The minimum Gasteiger partial charge on any atom is -0.458 e. The molecule has 4 fully saturated rings. The number of Topliss-reactive ketones (excluding diaryl/α,β-unsaturated/α-hetero) is 1. The summed E-state index contributed by atoms with van der Waals surface area (Å²) in [6.07, 6.45) is 9.91. The zero-order valence-electron chi connectivity index (χ0n) is 27.8. The van der Waals surface area contributed by atoms with E-state index in [1.807, 2.05) is 43.0 Å². The van der Waals surface area contributed by atoms with Gasteiger partial charge in [-0.25, -0.2) is 4.68 Å². The van der Waals surface area contributed by atoms with E-state index in [0.29, 0.717) is 30.5 Å². The lowest BCUT2D eigenvalue weighted by Gasteiger charge is -2.70. The van der Waals surface area contributed by atoms with Crippen LogP contribution in [0.4, 0.5) is 0 Å². The molecule has 0 spiro atoms. The fourth-order valence-electron chi connectivity index (χ4n) is 10.6. The number of ketones is 1. The van der Waals surface area contributed by atoms with E-state index in [4.69, 9.17) is 10.5 Å². The van der Waals surface area contributed by atoms with E-state index in [1.54, 1.807) is 6.92 Å². The van der Waals surface area contributed by atoms with Crippen molar-refractivity contribution in [2.24, 2.45) is 39.7 Å². The molecule has 9 heteroatoms. The summed E-state index contributed by atoms with van der Waals surface area (Å²) in [6, 6.07) is 0. The first-order valence-corrected chi connectivity index (χ1v) is 16.3. The molecule has 4 N–H and O–H groups in total. The predicted molar refractivity (Wildman–Crippen MR) is 168 cm³/mol. The fourth-order valence-corrected chi connectivity index (χ4v) is 10.6. The van der Waals surface area contributed by atoms with Gasteiger partial charge in [0.15, 0.2) is 5.78 Å². The third-order valence-corrected chi connectivity index (χ3v) is 12.7. The molecule has 0 aromatic carbocycles. The molecule has 0 radical (unpaired) electrons. The number of nitrogens with zero attached hydrogens (tertiary/aromatic N) is 3. The number of hydrogen-bond acceptors (Lipinski definition) is 8. The van der Waals surface area contributed by atoms with E-state index in [-0.39, 0.29) is 52.3 Å². The van der Waals surface area contributed by atoms with E-state index in [9.17, 15) is 19.8 Å². The number of nitrogens with two attached hydrogens (primary N) is 1. The molecular formula is C35H52N4O5. The number of rotatable bonds is 6. The summed E-state index contributed by atoms with van der Waals surface area (Å²) in [5.74, 6) is -0.593. The van der Waals surface area contributed by atoms with Crippen LogP contribution in [0, 0.1) is 34.0 Å². The molecule has 1 aromatic heterocycles. The third-order valence-electron chi connectivity index (χ3n) is 12.7. The number of carbonyl (C=O) groups is 2. The highest BCUT2D eigenvalue weighted by molar-refractivity contribution is 5.97. The second-order valence-electron chi connectivity index (χ2n) is 15.2. The molecule has 1 heterocycles. The van der Waals surface area contributed by atoms with Crippen molar-refractivity contribution >= 4 is 11.8 Å². The van der Waals surface area contributed by atoms with Gasteiger partial charge in [0.25, 0.3) is 0 Å². The van der Waals surface area contributed by atoms with Gasteiger partial charge >= 0.3 is 5.97 Å². The van der Waals surface area contributed by atoms with Crippen molar-refractivity contribution in [3.05, 3.63) is 46.8 Å². The van der Waals surface area contributed by atoms with Gasteiger partial charge in [0.1, 0.15) is 6.10 Å². The van der Waals surface area contributed by atoms with Crippen LogP contribution in [0.1, 0.15) is 99.6 Å². The normalized spacial score (nSPS) is 42.7. The van der Waals surface area contributed by atoms with Gasteiger partial charge in [-0.15, -0.1) is 5.10 Å². The standard InChI is InChI=1S/C35H52N4O5/c1-20(2)10-9-11-24(21(3)40)30-25-16-26(42)31-32(5)14-13-29(43)35(8,39-19-23(18-36)37-38-39)28(32)12-15-33(31,6)34(25,7)17-27(30)44-22(4)41/h9-11,19,25-29,31,42-43H,12-18,36H2,1-8H3/b11-9+,30-24-/t25-,26+,27-,28+,29+,31-,32-,33-,34-,35+/m0/s1. The zero-order valence-corrected chi connectivity index (χ0v) is 27.8. The summed E-state index contributed by atoms with van der Waals surface area (Å²) >= 11 is 0. The predicted octanol–water partition coefficient (Wildman–Crippen LogP) is 4.78. The van der Waals surface area contributed by atoms with Crippen LogP contribution in [0.15, 0.2) is 41.1 Å². The molecule has 4 aliphatic carbocycles. The Morgan fingerprint density at radius 1 is 1.09 bits per heavy atom. The first-order valence-electron chi connectivity index (χ1n) is 16.3. The van der Waals surface area contributed by atoms with E-state index in [0.717, 1.165) is 30.4 Å². The molecule has 242 valence electrons. The number of ether oxygens (including phenoxy) is 1. The van der Waals surface area contributed by atoms with E-state index in [1.165, 1.54) is 6.92 Å². The number of aliphatic hydroxyl groups is 2. The molecule has 0 amide bonds. The quantitative estimate of drug-likeness (QED) is 0.238. The van der Waals surface area contributed by atoms with Gasteiger partial charge < -0.3 is 20.7 Å². The number of aromatic nitrogens is 3. The summed E-state index contributed by atoms with van der Waals surface area (Å²) in [6.45, 7) is 16.3. The van der Waals surface area contributed by atoms with Crippen LogP contribution in [0.2, 0.25) is 0 Å². The zero-order chi connectivity index (χ0) is 32.4. The Kier molecular flexibility index (Phi) is 8.43. The van der Waals surface area contributed by atoms with Gasteiger partial charge in [-0.3, -0.25) is 9.59 Å². The fraction of sp³-hybridized carbons (Fsp3) is 0.714. The third kappa shape index (κ3) is 4.76. The van der Waals surface area contributed by atoms with Gasteiger partial charge in [0, 0.05) is 19.0 Å². The van der Waals surface area contributed by atoms with Crippen molar-refractivity contribution in [3.63, 3.8) is 0 Å². The number of esters is 1. The summed E-state index contributed by atoms with van der Waals surface area (Å²) in [5.41, 5.74) is 7.43. The summed E-state index contributed by atoms with van der Waals surface area (Å²) in [7, 11) is 0. The van der Waals surface area contributed by atoms with Crippen LogP contribution in [-0.4, -0.2) is 55.3 Å². The summed E-state index contributed by atoms with van der Waals surface area (Å²) in [5, 5.41) is 32.5. The SMILES string of the molecule is CC(=O)O[C@H]1C[C@@]2(C)[C@@H](C[C@@H](O)[C@H]3[C@@]4(C)CC[C@@H](O)[C@](C)(n5cc(CN)nn5)[C@@H]4CC[C@@]32C)/C1=C(\C=C\C=C(C)C)C(C)=O. The lowest BCUT2D eigenvalue weighted by molar-refractivity contribution is -0.249. The number of aliphatic hydroxyl groups excluding tert-OH is 2. The minimum absolute atomic E-state index is 0.0411. The van der Waals surface area contributed by atoms with Crippen LogP contribution in [0.25, 0.3) is 0 Å². The van der Waals surface area contributed by atoms with Crippen LogP contribution >= 0.6 is 0 Å². The highest BCUT2D eigenvalue weighted by Gasteiger charge is 2.72. The maximum Gasteiger partial charge on any atom is 0.303 e. The molecule has 1 aromatic rings. The number of allylic oxidation sites excluding steroid dienone is 5. The molecule has 4 saturated carbocycles. The average molecular weight is 609 g/mol. The van der Waals surface area contributed by atoms with Crippen LogP contribution in [0.5, 0.6) is 0 Å². The first-order chi connectivity index (χ1) is 20.5. The smallest absolute Gasteiger partial charge is 0.303 e. The molecule has 5 rings (SSSR count).